The third-order valence-electron chi connectivity index (χ3n) is 4.67. The third-order valence-corrected chi connectivity index (χ3v) is 4.67. The van der Waals surface area contributed by atoms with Crippen LogP contribution in [-0.2, 0) is 11.3 Å². The van der Waals surface area contributed by atoms with E-state index >= 15 is 0 Å². The molecule has 0 saturated carbocycles. The number of carbonyl (C=O) groups excluding carboxylic acids is 1. The van der Waals surface area contributed by atoms with Crippen LogP contribution in [0.2, 0.25) is 0 Å². The van der Waals surface area contributed by atoms with Crippen LogP contribution in [0.3, 0.4) is 0 Å². The molecule has 2 aromatic rings. The van der Waals surface area contributed by atoms with Gasteiger partial charge in [0.05, 0.1) is 13.3 Å². The van der Waals surface area contributed by atoms with Crippen molar-refractivity contribution in [3.63, 3.8) is 0 Å². The molecule has 1 aliphatic heterocycles. The minimum absolute atomic E-state index is 0.0798. The van der Waals surface area contributed by atoms with Crippen LogP contribution in [-0.4, -0.2) is 48.0 Å². The standard InChI is InChI=1S/C19H24N4O2/c1-22(14-15-3-5-17(25-2)6-4-15)19(24)16-7-11-23(12-8-16)18-13-20-9-10-21-18/h3-6,9-10,13,16H,7-8,11-12,14H2,1-2H3. The fourth-order valence-corrected chi connectivity index (χ4v) is 3.20. The number of ether oxygens (including phenoxy) is 1. The average molecular weight is 340 g/mol. The fraction of sp³-hybridized carbons (Fsp3) is 0.421. The van der Waals surface area contributed by atoms with Crippen molar-refractivity contribution in [2.24, 2.45) is 5.92 Å². The van der Waals surface area contributed by atoms with Crippen LogP contribution in [0.5, 0.6) is 5.75 Å². The van der Waals surface area contributed by atoms with E-state index in [1.165, 1.54) is 0 Å². The minimum Gasteiger partial charge on any atom is -0.497 e. The molecule has 2 heterocycles. The van der Waals surface area contributed by atoms with Crippen LogP contribution >= 0.6 is 0 Å². The Labute approximate surface area is 148 Å². The molecule has 1 saturated heterocycles. The molecular weight excluding hydrogens is 316 g/mol. The lowest BCUT2D eigenvalue weighted by Gasteiger charge is -2.33. The van der Waals surface area contributed by atoms with E-state index in [1.54, 1.807) is 25.7 Å². The van der Waals surface area contributed by atoms with Crippen LogP contribution in [0.15, 0.2) is 42.9 Å². The van der Waals surface area contributed by atoms with Gasteiger partial charge in [0.25, 0.3) is 0 Å². The van der Waals surface area contributed by atoms with E-state index in [0.717, 1.165) is 43.1 Å². The van der Waals surface area contributed by atoms with Crippen LogP contribution in [0.4, 0.5) is 5.82 Å². The van der Waals surface area contributed by atoms with Crippen molar-refractivity contribution in [3.8, 4) is 5.75 Å². The second kappa shape index (κ2) is 7.96. The molecule has 1 aromatic heterocycles. The summed E-state index contributed by atoms with van der Waals surface area (Å²) >= 11 is 0. The lowest BCUT2D eigenvalue weighted by molar-refractivity contribution is -0.135. The van der Waals surface area contributed by atoms with Crippen molar-refractivity contribution in [3.05, 3.63) is 48.4 Å². The predicted molar refractivity (Wildman–Crippen MR) is 96.4 cm³/mol. The Morgan fingerprint density at radius 1 is 1.24 bits per heavy atom. The van der Waals surface area contributed by atoms with Crippen LogP contribution in [0, 0.1) is 5.92 Å². The summed E-state index contributed by atoms with van der Waals surface area (Å²) in [5.74, 6) is 2.01. The van der Waals surface area contributed by atoms with E-state index in [9.17, 15) is 4.79 Å². The van der Waals surface area contributed by atoms with Gasteiger partial charge in [0, 0.05) is 45.0 Å². The van der Waals surface area contributed by atoms with Gasteiger partial charge in [-0.05, 0) is 30.5 Å². The van der Waals surface area contributed by atoms with Crippen molar-refractivity contribution < 1.29 is 9.53 Å². The predicted octanol–water partition coefficient (Wildman–Crippen LogP) is 2.36. The molecule has 0 spiro atoms. The summed E-state index contributed by atoms with van der Waals surface area (Å²) in [7, 11) is 3.53. The number of amides is 1. The lowest BCUT2D eigenvalue weighted by Crippen LogP contribution is -2.41. The third kappa shape index (κ3) is 4.26. The van der Waals surface area contributed by atoms with Gasteiger partial charge in [-0.2, -0.15) is 0 Å². The van der Waals surface area contributed by atoms with Crippen molar-refractivity contribution in [1.29, 1.82) is 0 Å². The van der Waals surface area contributed by atoms with Crippen molar-refractivity contribution in [2.45, 2.75) is 19.4 Å². The molecule has 25 heavy (non-hydrogen) atoms. The van der Waals surface area contributed by atoms with Crippen molar-refractivity contribution in [1.82, 2.24) is 14.9 Å². The zero-order chi connectivity index (χ0) is 17.6. The molecule has 132 valence electrons. The first-order chi connectivity index (χ1) is 12.2. The summed E-state index contributed by atoms with van der Waals surface area (Å²) in [5.41, 5.74) is 1.11. The highest BCUT2D eigenvalue weighted by molar-refractivity contribution is 5.79. The SMILES string of the molecule is COc1ccc(CN(C)C(=O)C2CCN(c3cnccn3)CC2)cc1. The maximum Gasteiger partial charge on any atom is 0.225 e. The minimum atomic E-state index is 0.0798. The first-order valence-electron chi connectivity index (χ1n) is 8.56. The van der Waals surface area contributed by atoms with Crippen molar-refractivity contribution >= 4 is 11.7 Å². The molecule has 6 nitrogen and oxygen atoms in total. The monoisotopic (exact) mass is 340 g/mol. The zero-order valence-electron chi connectivity index (χ0n) is 14.8. The molecule has 6 heteroatoms. The summed E-state index contributed by atoms with van der Waals surface area (Å²) < 4.78 is 5.17. The molecule has 0 N–H and O–H groups in total. The average Bonchev–Trinajstić information content (AvgIpc) is 2.69. The maximum atomic E-state index is 12.7. The second-order valence-electron chi connectivity index (χ2n) is 6.37. The summed E-state index contributed by atoms with van der Waals surface area (Å²) in [5, 5.41) is 0. The number of methoxy groups -OCH3 is 1. The van der Waals surface area contributed by atoms with Gasteiger partial charge in [-0.1, -0.05) is 12.1 Å². The Hall–Kier alpha value is -2.63. The molecule has 0 atom stereocenters. The topological polar surface area (TPSA) is 58.6 Å². The fourth-order valence-electron chi connectivity index (χ4n) is 3.20. The van der Waals surface area contributed by atoms with Gasteiger partial charge in [-0.25, -0.2) is 4.98 Å². The molecular formula is C19H24N4O2. The smallest absolute Gasteiger partial charge is 0.225 e. The molecule has 0 bridgehead atoms. The first kappa shape index (κ1) is 17.2. The van der Waals surface area contributed by atoms with Gasteiger partial charge >= 0.3 is 0 Å². The molecule has 3 rings (SSSR count). The highest BCUT2D eigenvalue weighted by atomic mass is 16.5. The number of benzene rings is 1. The number of nitrogens with zero attached hydrogens (tertiary/aromatic N) is 4. The van der Waals surface area contributed by atoms with Gasteiger partial charge < -0.3 is 14.5 Å². The molecule has 1 amide bonds. The molecule has 1 fully saturated rings. The second-order valence-corrected chi connectivity index (χ2v) is 6.37. The van der Waals surface area contributed by atoms with E-state index < -0.39 is 0 Å². The van der Waals surface area contributed by atoms with Gasteiger partial charge in [-0.3, -0.25) is 9.78 Å². The zero-order valence-corrected chi connectivity index (χ0v) is 14.8. The van der Waals surface area contributed by atoms with E-state index in [2.05, 4.69) is 14.9 Å². The molecule has 0 radical (unpaired) electrons. The normalized spacial score (nSPS) is 15.0. The number of piperidine rings is 1. The Morgan fingerprint density at radius 3 is 2.56 bits per heavy atom. The summed E-state index contributed by atoms with van der Waals surface area (Å²) in [4.78, 5) is 25.2. The van der Waals surface area contributed by atoms with Gasteiger partial charge in [0.1, 0.15) is 11.6 Å². The van der Waals surface area contributed by atoms with Crippen LogP contribution in [0.1, 0.15) is 18.4 Å². The van der Waals surface area contributed by atoms with Crippen LogP contribution in [0.25, 0.3) is 0 Å². The Balaban J connectivity index is 1.52. The number of anilines is 1. The lowest BCUT2D eigenvalue weighted by atomic mass is 9.95. The Bertz CT molecular complexity index is 682. The molecule has 1 aromatic carbocycles. The van der Waals surface area contributed by atoms with E-state index in [4.69, 9.17) is 4.74 Å². The summed E-state index contributed by atoms with van der Waals surface area (Å²) in [6, 6.07) is 7.85. The molecule has 0 aliphatic carbocycles. The Morgan fingerprint density at radius 2 is 1.96 bits per heavy atom. The highest BCUT2D eigenvalue weighted by Crippen LogP contribution is 2.23. The Kier molecular flexibility index (Phi) is 5.48. The van der Waals surface area contributed by atoms with Gasteiger partial charge in [0.2, 0.25) is 5.91 Å². The number of carbonyl (C=O) groups is 1. The highest BCUT2D eigenvalue weighted by Gasteiger charge is 2.27. The summed E-state index contributed by atoms with van der Waals surface area (Å²) in [6.07, 6.45) is 6.85. The number of hydrogen-bond acceptors (Lipinski definition) is 5. The summed E-state index contributed by atoms with van der Waals surface area (Å²) in [6.45, 7) is 2.30. The number of hydrogen-bond donors (Lipinski definition) is 0. The first-order valence-corrected chi connectivity index (χ1v) is 8.56. The molecule has 1 aliphatic rings. The quantitative estimate of drug-likeness (QED) is 0.836. The maximum absolute atomic E-state index is 12.7. The van der Waals surface area contributed by atoms with E-state index in [1.807, 2.05) is 36.2 Å². The van der Waals surface area contributed by atoms with Crippen molar-refractivity contribution in [2.75, 3.05) is 32.1 Å². The number of aromatic nitrogens is 2. The van der Waals surface area contributed by atoms with Crippen LogP contribution < -0.4 is 9.64 Å². The molecule has 0 unspecified atom stereocenters. The van der Waals surface area contributed by atoms with Gasteiger partial charge in [-0.15, -0.1) is 0 Å². The largest absolute Gasteiger partial charge is 0.497 e. The van der Waals surface area contributed by atoms with E-state index in [-0.39, 0.29) is 11.8 Å². The van der Waals surface area contributed by atoms with E-state index in [0.29, 0.717) is 6.54 Å². The van der Waals surface area contributed by atoms with Gasteiger partial charge in [0.15, 0.2) is 0 Å². The number of rotatable bonds is 5.